The average Bonchev–Trinajstić information content (AvgIpc) is 3.45. The van der Waals surface area contributed by atoms with E-state index in [2.05, 4.69) is 5.10 Å². The van der Waals surface area contributed by atoms with Gasteiger partial charge in [0.05, 0.1) is 12.2 Å². The van der Waals surface area contributed by atoms with Crippen molar-refractivity contribution in [1.29, 1.82) is 0 Å². The maximum atomic E-state index is 15.1. The molecule has 0 radical (unpaired) electrons. The predicted molar refractivity (Wildman–Crippen MR) is 115 cm³/mol. The molecule has 1 N–H and O–H groups in total. The van der Waals surface area contributed by atoms with Crippen LogP contribution in [0.3, 0.4) is 0 Å². The molecule has 6 nitrogen and oxygen atoms in total. The summed E-state index contributed by atoms with van der Waals surface area (Å²) < 4.78 is 21.4. The number of amides is 1. The summed E-state index contributed by atoms with van der Waals surface area (Å²) in [6, 6.07) is 1.84. The Morgan fingerprint density at radius 1 is 1.12 bits per heavy atom. The van der Waals surface area contributed by atoms with E-state index in [-0.39, 0.29) is 23.3 Å². The van der Waals surface area contributed by atoms with E-state index in [0.29, 0.717) is 12.4 Å². The Bertz CT molecular complexity index is 967. The number of ether oxygens (including phenoxy) is 1. The van der Waals surface area contributed by atoms with Crippen molar-refractivity contribution in [2.75, 3.05) is 6.61 Å². The highest BCUT2D eigenvalue weighted by Gasteiger charge is 2.51. The molecule has 1 aromatic carbocycles. The van der Waals surface area contributed by atoms with Gasteiger partial charge in [-0.05, 0) is 86.7 Å². The van der Waals surface area contributed by atoms with E-state index in [1.807, 2.05) is 0 Å². The average molecular weight is 441 g/mol. The summed E-state index contributed by atoms with van der Waals surface area (Å²) >= 11 is 0. The summed E-state index contributed by atoms with van der Waals surface area (Å²) in [5, 5.41) is 14.1. The molecule has 5 fully saturated rings. The monoisotopic (exact) mass is 440 g/mol. The van der Waals surface area contributed by atoms with Gasteiger partial charge in [-0.15, -0.1) is 0 Å². The van der Waals surface area contributed by atoms with Crippen LogP contribution in [-0.4, -0.2) is 40.9 Å². The molecule has 5 saturated carbocycles. The van der Waals surface area contributed by atoms with Gasteiger partial charge in [0.25, 0.3) is 5.91 Å². The lowest BCUT2D eigenvalue weighted by Gasteiger charge is -2.56. The maximum absolute atomic E-state index is 15.1. The smallest absolute Gasteiger partial charge is 0.329 e. The van der Waals surface area contributed by atoms with Crippen LogP contribution in [0.4, 0.5) is 4.39 Å². The number of hydrogen-bond donors (Lipinski definition) is 1. The zero-order valence-corrected chi connectivity index (χ0v) is 18.1. The number of aliphatic carboxylic acids is 1. The van der Waals surface area contributed by atoms with E-state index in [1.54, 1.807) is 6.07 Å². The molecular formula is C25H29FN2O4. The van der Waals surface area contributed by atoms with Crippen molar-refractivity contribution >= 4 is 18.1 Å². The first-order valence-corrected chi connectivity index (χ1v) is 12.0. The number of carbonyl (C=O) groups excluding carboxylic acids is 1. The van der Waals surface area contributed by atoms with Crippen molar-refractivity contribution < 1.29 is 23.8 Å². The van der Waals surface area contributed by atoms with E-state index in [4.69, 9.17) is 4.74 Å². The Morgan fingerprint density at radius 3 is 2.38 bits per heavy atom. The molecule has 1 aromatic rings. The quantitative estimate of drug-likeness (QED) is 0.702. The van der Waals surface area contributed by atoms with Gasteiger partial charge in [0.2, 0.25) is 0 Å². The largest absolute Gasteiger partial charge is 0.493 e. The van der Waals surface area contributed by atoms with E-state index in [1.165, 1.54) is 50.8 Å². The fourth-order valence-electron chi connectivity index (χ4n) is 7.21. The SMILES string of the molecule is O=C(O)C1CC=NN1C(=O)c1cc(C2CC2)c(OCC23CC4CC(CC(C4)C2)C3)cc1F. The fraction of sp³-hybridized carbons (Fsp3) is 0.640. The molecule has 1 unspecified atom stereocenters. The number of halogens is 1. The van der Waals surface area contributed by atoms with Gasteiger partial charge in [-0.3, -0.25) is 4.79 Å². The highest BCUT2D eigenvalue weighted by molar-refractivity contribution is 5.99. The lowest BCUT2D eigenvalue weighted by molar-refractivity contribution is -0.141. The third-order valence-corrected chi connectivity index (χ3v) is 8.37. The van der Waals surface area contributed by atoms with Gasteiger partial charge >= 0.3 is 5.97 Å². The number of carboxylic acids is 1. The van der Waals surface area contributed by atoms with Gasteiger partial charge in [0.15, 0.2) is 6.04 Å². The van der Waals surface area contributed by atoms with Crippen LogP contribution in [0.5, 0.6) is 5.75 Å². The first-order valence-electron chi connectivity index (χ1n) is 12.0. The van der Waals surface area contributed by atoms with Crippen LogP contribution in [0.2, 0.25) is 0 Å². The molecule has 6 aliphatic rings. The summed E-state index contributed by atoms with van der Waals surface area (Å²) in [7, 11) is 0. The van der Waals surface area contributed by atoms with Crippen molar-refractivity contribution in [2.24, 2.45) is 28.3 Å². The standard InChI is InChI=1S/C25H29FN2O4/c26-20-9-22(32-13-25-10-14-5-15(11-25)7-16(6-14)12-25)18(17-1-2-17)8-19(20)23(29)28-21(24(30)31)3-4-27-28/h4,8-9,14-17,21H,1-3,5-7,10-13H2,(H,30,31). The van der Waals surface area contributed by atoms with E-state index >= 15 is 4.39 Å². The Labute approximate surface area is 186 Å². The lowest BCUT2D eigenvalue weighted by Crippen LogP contribution is -2.48. The molecular weight excluding hydrogens is 411 g/mol. The minimum Gasteiger partial charge on any atom is -0.493 e. The summed E-state index contributed by atoms with van der Waals surface area (Å²) in [4.78, 5) is 24.4. The van der Waals surface area contributed by atoms with E-state index in [9.17, 15) is 14.7 Å². The molecule has 4 bridgehead atoms. The second-order valence-electron chi connectivity index (χ2n) is 10.9. The van der Waals surface area contributed by atoms with Gasteiger partial charge in [0, 0.05) is 24.1 Å². The molecule has 170 valence electrons. The number of hydrazone groups is 1. The second-order valence-corrected chi connectivity index (χ2v) is 10.9. The van der Waals surface area contributed by atoms with Crippen LogP contribution in [0, 0.1) is 29.0 Å². The van der Waals surface area contributed by atoms with Gasteiger partial charge in [-0.25, -0.2) is 14.2 Å². The molecule has 5 aliphatic carbocycles. The molecule has 7 rings (SSSR count). The van der Waals surface area contributed by atoms with Crippen LogP contribution >= 0.6 is 0 Å². The van der Waals surface area contributed by atoms with E-state index < -0.39 is 23.7 Å². The lowest BCUT2D eigenvalue weighted by atomic mass is 9.50. The van der Waals surface area contributed by atoms with Crippen molar-refractivity contribution in [3.05, 3.63) is 29.1 Å². The highest BCUT2D eigenvalue weighted by atomic mass is 19.1. The van der Waals surface area contributed by atoms with E-state index in [0.717, 1.165) is 41.2 Å². The molecule has 32 heavy (non-hydrogen) atoms. The predicted octanol–water partition coefficient (Wildman–Crippen LogP) is 4.58. The summed E-state index contributed by atoms with van der Waals surface area (Å²) in [6.07, 6.45) is 11.3. The second kappa shape index (κ2) is 7.29. The molecule has 0 spiro atoms. The van der Waals surface area contributed by atoms with Crippen molar-refractivity contribution in [3.8, 4) is 5.75 Å². The fourth-order valence-corrected chi connectivity index (χ4v) is 7.21. The Morgan fingerprint density at radius 2 is 1.78 bits per heavy atom. The number of nitrogens with zero attached hydrogens (tertiary/aromatic N) is 2. The molecule has 1 amide bonds. The van der Waals surface area contributed by atoms with Crippen molar-refractivity contribution in [2.45, 2.75) is 69.7 Å². The molecule has 0 aromatic heterocycles. The zero-order chi connectivity index (χ0) is 22.0. The Kier molecular flexibility index (Phi) is 4.60. The number of carboxylic acid groups (broad SMARTS) is 1. The van der Waals surface area contributed by atoms with Gasteiger partial charge in [0.1, 0.15) is 11.6 Å². The first kappa shape index (κ1) is 20.2. The minimum atomic E-state index is -1.14. The topological polar surface area (TPSA) is 79.2 Å². The number of benzene rings is 1. The van der Waals surface area contributed by atoms with Gasteiger partial charge in [-0.1, -0.05) is 0 Å². The van der Waals surface area contributed by atoms with Crippen molar-refractivity contribution in [1.82, 2.24) is 5.01 Å². The third-order valence-electron chi connectivity index (χ3n) is 8.37. The van der Waals surface area contributed by atoms with Crippen LogP contribution in [0.1, 0.15) is 79.6 Å². The van der Waals surface area contributed by atoms with Crippen LogP contribution in [0.15, 0.2) is 17.2 Å². The minimum absolute atomic E-state index is 0.126. The molecule has 0 saturated heterocycles. The number of rotatable bonds is 6. The van der Waals surface area contributed by atoms with Crippen LogP contribution in [0.25, 0.3) is 0 Å². The highest BCUT2D eigenvalue weighted by Crippen LogP contribution is 2.60. The number of carbonyl (C=O) groups is 2. The summed E-state index contributed by atoms with van der Waals surface area (Å²) in [5.74, 6) is 0.773. The molecule has 7 heteroatoms. The maximum Gasteiger partial charge on any atom is 0.329 e. The zero-order valence-electron chi connectivity index (χ0n) is 18.1. The summed E-state index contributed by atoms with van der Waals surface area (Å²) in [6.45, 7) is 0.625. The van der Waals surface area contributed by atoms with Crippen LogP contribution in [-0.2, 0) is 4.79 Å². The van der Waals surface area contributed by atoms with Gasteiger partial charge < -0.3 is 9.84 Å². The third kappa shape index (κ3) is 3.41. The summed E-state index contributed by atoms with van der Waals surface area (Å²) in [5.41, 5.74) is 0.966. The Balaban J connectivity index is 1.25. The number of hydrogen-bond acceptors (Lipinski definition) is 4. The van der Waals surface area contributed by atoms with Crippen LogP contribution < -0.4 is 4.74 Å². The molecule has 1 aliphatic heterocycles. The van der Waals surface area contributed by atoms with Gasteiger partial charge in [-0.2, -0.15) is 5.10 Å². The Hall–Kier alpha value is -2.44. The van der Waals surface area contributed by atoms with Crippen molar-refractivity contribution in [3.63, 3.8) is 0 Å². The molecule has 1 atom stereocenters. The molecule has 1 heterocycles. The normalized spacial score (nSPS) is 34.8. The first-order chi connectivity index (χ1) is 15.4.